The lowest BCUT2D eigenvalue weighted by molar-refractivity contribution is 0.899. The second kappa shape index (κ2) is 4.77. The predicted molar refractivity (Wildman–Crippen MR) is 73.7 cm³/mol. The average Bonchev–Trinajstić information content (AvgIpc) is 2.93. The Labute approximate surface area is 108 Å². The summed E-state index contributed by atoms with van der Waals surface area (Å²) in [5.74, 6) is 0.865. The van der Waals surface area contributed by atoms with Crippen LogP contribution in [0.15, 0.2) is 36.7 Å². The fraction of sp³-hybridized carbons (Fsp3) is 0.333. The maximum absolute atomic E-state index is 4.48. The number of aryl methyl sites for hydroxylation is 1. The molecule has 0 amide bonds. The van der Waals surface area contributed by atoms with Gasteiger partial charge in [0.15, 0.2) is 0 Å². The van der Waals surface area contributed by atoms with Crippen LogP contribution in [0.2, 0.25) is 0 Å². The molecule has 3 rings (SSSR count). The van der Waals surface area contributed by atoms with Gasteiger partial charge in [-0.05, 0) is 25.3 Å². The van der Waals surface area contributed by atoms with Gasteiger partial charge in [0.1, 0.15) is 0 Å². The summed E-state index contributed by atoms with van der Waals surface area (Å²) < 4.78 is 0. The highest BCUT2D eigenvalue weighted by Crippen LogP contribution is 2.21. The van der Waals surface area contributed by atoms with Crippen molar-refractivity contribution in [1.29, 1.82) is 0 Å². The minimum absolute atomic E-state index is 0.865. The second-order valence-corrected chi connectivity index (χ2v) is 4.84. The maximum atomic E-state index is 4.48. The fourth-order valence-corrected chi connectivity index (χ4v) is 2.38. The Morgan fingerprint density at radius 3 is 2.39 bits per heavy atom. The van der Waals surface area contributed by atoms with Gasteiger partial charge in [0.2, 0.25) is 5.95 Å². The summed E-state index contributed by atoms with van der Waals surface area (Å²) in [5, 5.41) is 0. The molecule has 2 heterocycles. The molecule has 0 spiro atoms. The molecule has 18 heavy (non-hydrogen) atoms. The number of nitrogens with zero attached hydrogens (tertiary/aromatic N) is 3. The molecule has 1 aliphatic rings. The fourth-order valence-electron chi connectivity index (χ4n) is 2.38. The van der Waals surface area contributed by atoms with Gasteiger partial charge in [-0.2, -0.15) is 0 Å². The van der Waals surface area contributed by atoms with Crippen LogP contribution >= 0.6 is 0 Å². The van der Waals surface area contributed by atoms with Crippen molar-refractivity contribution in [3.63, 3.8) is 0 Å². The monoisotopic (exact) mass is 239 g/mol. The molecule has 3 heteroatoms. The minimum Gasteiger partial charge on any atom is -0.341 e. The van der Waals surface area contributed by atoms with Crippen LogP contribution in [0.4, 0.5) is 5.95 Å². The molecule has 0 bridgehead atoms. The SMILES string of the molecule is Cc1cccc(-c2cnc(N3CCCC3)nc2)c1. The van der Waals surface area contributed by atoms with Crippen molar-refractivity contribution in [1.82, 2.24) is 9.97 Å². The summed E-state index contributed by atoms with van der Waals surface area (Å²) in [6, 6.07) is 8.43. The standard InChI is InChI=1S/C15H17N3/c1-12-5-4-6-13(9-12)14-10-16-15(17-11-14)18-7-2-3-8-18/h4-6,9-11H,2-3,7-8H2,1H3. The van der Waals surface area contributed by atoms with E-state index in [0.717, 1.165) is 24.6 Å². The van der Waals surface area contributed by atoms with Crippen molar-refractivity contribution in [2.24, 2.45) is 0 Å². The van der Waals surface area contributed by atoms with Crippen LogP contribution in [0, 0.1) is 6.92 Å². The molecule has 3 nitrogen and oxygen atoms in total. The summed E-state index contributed by atoms with van der Waals surface area (Å²) in [6.45, 7) is 4.27. The Balaban J connectivity index is 1.86. The van der Waals surface area contributed by atoms with Crippen LogP contribution in [-0.2, 0) is 0 Å². The molecule has 0 atom stereocenters. The van der Waals surface area contributed by atoms with Crippen LogP contribution in [0.3, 0.4) is 0 Å². The van der Waals surface area contributed by atoms with Crippen LogP contribution in [0.5, 0.6) is 0 Å². The molecule has 0 aliphatic carbocycles. The van der Waals surface area contributed by atoms with Gasteiger partial charge in [-0.1, -0.05) is 29.8 Å². The highest BCUT2D eigenvalue weighted by Gasteiger charge is 2.14. The van der Waals surface area contributed by atoms with Crippen molar-refractivity contribution in [2.45, 2.75) is 19.8 Å². The van der Waals surface area contributed by atoms with Crippen LogP contribution < -0.4 is 4.90 Å². The van der Waals surface area contributed by atoms with E-state index in [1.54, 1.807) is 0 Å². The first kappa shape index (κ1) is 11.2. The largest absolute Gasteiger partial charge is 0.341 e. The van der Waals surface area contributed by atoms with Crippen LogP contribution in [-0.4, -0.2) is 23.1 Å². The van der Waals surface area contributed by atoms with E-state index in [2.05, 4.69) is 46.1 Å². The molecule has 92 valence electrons. The number of rotatable bonds is 2. The number of hydrogen-bond acceptors (Lipinski definition) is 3. The Kier molecular flexibility index (Phi) is 2.97. The third-order valence-corrected chi connectivity index (χ3v) is 3.38. The zero-order chi connectivity index (χ0) is 12.4. The van der Waals surface area contributed by atoms with Crippen molar-refractivity contribution >= 4 is 5.95 Å². The maximum Gasteiger partial charge on any atom is 0.225 e. The van der Waals surface area contributed by atoms with Crippen molar-refractivity contribution in [2.75, 3.05) is 18.0 Å². The quantitative estimate of drug-likeness (QED) is 0.806. The van der Waals surface area contributed by atoms with Gasteiger partial charge in [0.05, 0.1) is 0 Å². The van der Waals surface area contributed by atoms with E-state index in [0.29, 0.717) is 0 Å². The lowest BCUT2D eigenvalue weighted by Crippen LogP contribution is -2.20. The summed E-state index contributed by atoms with van der Waals surface area (Å²) in [7, 11) is 0. The van der Waals surface area contributed by atoms with E-state index in [-0.39, 0.29) is 0 Å². The van der Waals surface area contributed by atoms with E-state index in [4.69, 9.17) is 0 Å². The molecule has 2 aromatic rings. The molecule has 1 saturated heterocycles. The lowest BCUT2D eigenvalue weighted by Gasteiger charge is -2.14. The number of anilines is 1. The minimum atomic E-state index is 0.865. The molecule has 0 unspecified atom stereocenters. The van der Waals surface area contributed by atoms with Crippen molar-refractivity contribution in [3.05, 3.63) is 42.2 Å². The van der Waals surface area contributed by atoms with Crippen molar-refractivity contribution < 1.29 is 0 Å². The molecular weight excluding hydrogens is 222 g/mol. The van der Waals surface area contributed by atoms with Gasteiger partial charge in [-0.15, -0.1) is 0 Å². The van der Waals surface area contributed by atoms with E-state index < -0.39 is 0 Å². The van der Waals surface area contributed by atoms with Gasteiger partial charge >= 0.3 is 0 Å². The van der Waals surface area contributed by atoms with Gasteiger partial charge in [-0.3, -0.25) is 0 Å². The number of hydrogen-bond donors (Lipinski definition) is 0. The van der Waals surface area contributed by atoms with Gasteiger partial charge in [-0.25, -0.2) is 9.97 Å². The highest BCUT2D eigenvalue weighted by molar-refractivity contribution is 5.62. The first-order chi connectivity index (χ1) is 8.83. The molecule has 0 saturated carbocycles. The van der Waals surface area contributed by atoms with Crippen LogP contribution in [0.25, 0.3) is 11.1 Å². The van der Waals surface area contributed by atoms with Gasteiger partial charge in [0, 0.05) is 31.0 Å². The van der Waals surface area contributed by atoms with Gasteiger partial charge < -0.3 is 4.90 Å². The van der Waals surface area contributed by atoms with Gasteiger partial charge in [0.25, 0.3) is 0 Å². The molecule has 0 radical (unpaired) electrons. The summed E-state index contributed by atoms with van der Waals surface area (Å²) >= 11 is 0. The Hall–Kier alpha value is -1.90. The number of aromatic nitrogens is 2. The Morgan fingerprint density at radius 2 is 1.72 bits per heavy atom. The lowest BCUT2D eigenvalue weighted by atomic mass is 10.1. The summed E-state index contributed by atoms with van der Waals surface area (Å²) in [6.07, 6.45) is 6.36. The Bertz CT molecular complexity index is 528. The van der Waals surface area contributed by atoms with E-state index in [1.807, 2.05) is 12.4 Å². The first-order valence-corrected chi connectivity index (χ1v) is 6.47. The van der Waals surface area contributed by atoms with E-state index >= 15 is 0 Å². The normalized spacial score (nSPS) is 15.1. The van der Waals surface area contributed by atoms with E-state index in [9.17, 15) is 0 Å². The number of benzene rings is 1. The predicted octanol–water partition coefficient (Wildman–Crippen LogP) is 3.05. The zero-order valence-corrected chi connectivity index (χ0v) is 10.6. The summed E-state index contributed by atoms with van der Waals surface area (Å²) in [5.41, 5.74) is 3.53. The molecule has 1 aromatic heterocycles. The second-order valence-electron chi connectivity index (χ2n) is 4.84. The molecular formula is C15H17N3. The van der Waals surface area contributed by atoms with Crippen LogP contribution in [0.1, 0.15) is 18.4 Å². The molecule has 1 fully saturated rings. The van der Waals surface area contributed by atoms with E-state index in [1.165, 1.54) is 24.0 Å². The molecule has 0 N–H and O–H groups in total. The zero-order valence-electron chi connectivity index (χ0n) is 10.6. The third-order valence-electron chi connectivity index (χ3n) is 3.38. The highest BCUT2D eigenvalue weighted by atomic mass is 15.3. The van der Waals surface area contributed by atoms with Crippen molar-refractivity contribution in [3.8, 4) is 11.1 Å². The Morgan fingerprint density at radius 1 is 1.00 bits per heavy atom. The molecule has 1 aliphatic heterocycles. The average molecular weight is 239 g/mol. The first-order valence-electron chi connectivity index (χ1n) is 6.47. The third kappa shape index (κ3) is 2.21. The smallest absolute Gasteiger partial charge is 0.225 e. The molecule has 1 aromatic carbocycles. The topological polar surface area (TPSA) is 29.0 Å². The summed E-state index contributed by atoms with van der Waals surface area (Å²) in [4.78, 5) is 11.2.